The van der Waals surface area contributed by atoms with Crippen LogP contribution in [0.15, 0.2) is 34.1 Å². The van der Waals surface area contributed by atoms with Crippen molar-refractivity contribution in [3.05, 3.63) is 24.3 Å². The van der Waals surface area contributed by atoms with Gasteiger partial charge in [0.25, 0.3) is 0 Å². The van der Waals surface area contributed by atoms with Crippen LogP contribution in [0.1, 0.15) is 6.42 Å². The number of carbonyl (C=O) groups excluding carboxylic acids is 1. The summed E-state index contributed by atoms with van der Waals surface area (Å²) in [7, 11) is -3.16. The first kappa shape index (κ1) is 15.0. The lowest BCUT2D eigenvalue weighted by Crippen LogP contribution is -2.36. The predicted molar refractivity (Wildman–Crippen MR) is 72.1 cm³/mol. The minimum Gasteiger partial charge on any atom is -0.368 e. The largest absolute Gasteiger partial charge is 0.368 e. The molecule has 4 N–H and O–H groups in total. The van der Waals surface area contributed by atoms with E-state index in [1.54, 1.807) is 24.3 Å². The number of primary amides is 1. The number of benzene rings is 1. The molecule has 0 aliphatic heterocycles. The van der Waals surface area contributed by atoms with Crippen molar-refractivity contribution in [2.45, 2.75) is 22.3 Å². The van der Waals surface area contributed by atoms with Crippen molar-refractivity contribution in [3.63, 3.8) is 0 Å². The van der Waals surface area contributed by atoms with E-state index in [-0.39, 0.29) is 0 Å². The van der Waals surface area contributed by atoms with Gasteiger partial charge in [-0.3, -0.25) is 4.79 Å². The Morgan fingerprint density at radius 3 is 2.33 bits per heavy atom. The predicted octanol–water partition coefficient (Wildman–Crippen LogP) is 0.385. The molecule has 0 fully saturated rings. The highest BCUT2D eigenvalue weighted by Crippen LogP contribution is 2.21. The van der Waals surface area contributed by atoms with Crippen LogP contribution in [0.3, 0.4) is 0 Å². The highest BCUT2D eigenvalue weighted by Gasteiger charge is 2.09. The summed E-state index contributed by atoms with van der Waals surface area (Å²) in [4.78, 5) is 11.9. The fourth-order valence-electron chi connectivity index (χ4n) is 1.23. The lowest BCUT2D eigenvalue weighted by molar-refractivity contribution is -0.119. The molecule has 1 atom stereocenters. The van der Waals surface area contributed by atoms with Crippen molar-refractivity contribution in [1.29, 1.82) is 0 Å². The molecule has 0 radical (unpaired) electrons. The molecule has 1 aromatic carbocycles. The van der Waals surface area contributed by atoms with Gasteiger partial charge in [0.05, 0.1) is 10.9 Å². The molecule has 0 heterocycles. The Kier molecular flexibility index (Phi) is 5.18. The first-order chi connectivity index (χ1) is 8.30. The maximum atomic E-state index is 11.2. The summed E-state index contributed by atoms with van der Waals surface area (Å²) in [6.07, 6.45) is 1.66. The van der Waals surface area contributed by atoms with Gasteiger partial charge < -0.3 is 11.5 Å². The SMILES string of the molecule is CS(=O)(=O)c1ccc(SCCC(N)C(N)=O)cc1. The third-order valence-electron chi connectivity index (χ3n) is 2.31. The van der Waals surface area contributed by atoms with Gasteiger partial charge >= 0.3 is 0 Å². The second-order valence-electron chi connectivity index (χ2n) is 3.89. The Bertz CT molecular complexity index is 512. The van der Waals surface area contributed by atoms with Crippen LogP contribution in [0.2, 0.25) is 0 Å². The summed E-state index contributed by atoms with van der Waals surface area (Å²) in [5.74, 6) is 0.144. The third kappa shape index (κ3) is 4.67. The van der Waals surface area contributed by atoms with Gasteiger partial charge in [-0.25, -0.2) is 8.42 Å². The van der Waals surface area contributed by atoms with Gasteiger partial charge in [0, 0.05) is 11.2 Å². The van der Waals surface area contributed by atoms with Crippen LogP contribution in [0, 0.1) is 0 Å². The minimum atomic E-state index is -3.16. The normalized spacial score (nSPS) is 13.2. The molecular formula is C11H16N2O3S2. The maximum Gasteiger partial charge on any atom is 0.234 e. The highest BCUT2D eigenvalue weighted by molar-refractivity contribution is 7.99. The van der Waals surface area contributed by atoms with E-state index >= 15 is 0 Å². The molecule has 7 heteroatoms. The van der Waals surface area contributed by atoms with Crippen LogP contribution in [0.5, 0.6) is 0 Å². The molecule has 0 aromatic heterocycles. The van der Waals surface area contributed by atoms with Crippen LogP contribution in [0.25, 0.3) is 0 Å². The van der Waals surface area contributed by atoms with E-state index in [4.69, 9.17) is 11.5 Å². The number of hydrogen-bond acceptors (Lipinski definition) is 5. The van der Waals surface area contributed by atoms with Crippen LogP contribution >= 0.6 is 11.8 Å². The first-order valence-electron chi connectivity index (χ1n) is 5.28. The topological polar surface area (TPSA) is 103 Å². The molecule has 100 valence electrons. The van der Waals surface area contributed by atoms with E-state index in [0.29, 0.717) is 17.1 Å². The Labute approximate surface area is 111 Å². The number of hydrogen-bond donors (Lipinski definition) is 2. The fourth-order valence-corrected chi connectivity index (χ4v) is 2.80. The van der Waals surface area contributed by atoms with Crippen LogP contribution in [0.4, 0.5) is 0 Å². The zero-order chi connectivity index (χ0) is 13.8. The van der Waals surface area contributed by atoms with Crippen molar-refractivity contribution in [3.8, 4) is 0 Å². The van der Waals surface area contributed by atoms with E-state index in [1.807, 2.05) is 0 Å². The van der Waals surface area contributed by atoms with Gasteiger partial charge in [-0.05, 0) is 36.4 Å². The Balaban J connectivity index is 2.52. The van der Waals surface area contributed by atoms with E-state index in [0.717, 1.165) is 4.90 Å². The molecule has 1 amide bonds. The maximum absolute atomic E-state index is 11.2. The standard InChI is InChI=1S/C11H16N2O3S2/c1-18(15,16)9-4-2-8(3-5-9)17-7-6-10(12)11(13)14/h2-5,10H,6-7,12H2,1H3,(H2,13,14). The molecule has 1 rings (SSSR count). The fraction of sp³-hybridized carbons (Fsp3) is 0.364. The van der Waals surface area contributed by atoms with Crippen LogP contribution < -0.4 is 11.5 Å². The summed E-state index contributed by atoms with van der Waals surface area (Å²) in [6.45, 7) is 0. The second kappa shape index (κ2) is 6.21. The summed E-state index contributed by atoms with van der Waals surface area (Å²) in [5.41, 5.74) is 10.5. The lowest BCUT2D eigenvalue weighted by atomic mass is 10.2. The van der Waals surface area contributed by atoms with Crippen molar-refractivity contribution in [2.75, 3.05) is 12.0 Å². The van der Waals surface area contributed by atoms with Gasteiger partial charge in [-0.1, -0.05) is 0 Å². The summed E-state index contributed by atoms with van der Waals surface area (Å²) in [6, 6.07) is 5.96. The molecule has 1 aromatic rings. The molecule has 0 saturated heterocycles. The number of amides is 1. The lowest BCUT2D eigenvalue weighted by Gasteiger charge is -2.07. The van der Waals surface area contributed by atoms with Crippen molar-refractivity contribution < 1.29 is 13.2 Å². The Morgan fingerprint density at radius 2 is 1.89 bits per heavy atom. The Hall–Kier alpha value is -1.05. The van der Waals surface area contributed by atoms with E-state index in [2.05, 4.69) is 0 Å². The first-order valence-corrected chi connectivity index (χ1v) is 8.16. The molecule has 5 nitrogen and oxygen atoms in total. The van der Waals surface area contributed by atoms with Crippen LogP contribution in [-0.4, -0.2) is 32.4 Å². The smallest absolute Gasteiger partial charge is 0.234 e. The Morgan fingerprint density at radius 1 is 1.33 bits per heavy atom. The van der Waals surface area contributed by atoms with Crippen LogP contribution in [-0.2, 0) is 14.6 Å². The van der Waals surface area contributed by atoms with Gasteiger partial charge in [0.2, 0.25) is 5.91 Å². The zero-order valence-electron chi connectivity index (χ0n) is 10.00. The molecule has 0 aliphatic rings. The van der Waals surface area contributed by atoms with Gasteiger partial charge in [0.15, 0.2) is 9.84 Å². The van der Waals surface area contributed by atoms with E-state index in [9.17, 15) is 13.2 Å². The summed E-state index contributed by atoms with van der Waals surface area (Å²) in [5, 5.41) is 0. The van der Waals surface area contributed by atoms with Gasteiger partial charge in [0.1, 0.15) is 0 Å². The number of rotatable bonds is 6. The average Bonchev–Trinajstić information content (AvgIpc) is 2.28. The van der Waals surface area contributed by atoms with Gasteiger partial charge in [-0.2, -0.15) is 0 Å². The third-order valence-corrected chi connectivity index (χ3v) is 4.49. The minimum absolute atomic E-state index is 0.292. The average molecular weight is 288 g/mol. The molecule has 0 spiro atoms. The van der Waals surface area contributed by atoms with E-state index < -0.39 is 21.8 Å². The molecule has 0 aliphatic carbocycles. The zero-order valence-corrected chi connectivity index (χ0v) is 11.6. The van der Waals surface area contributed by atoms with Crippen molar-refractivity contribution in [1.82, 2.24) is 0 Å². The highest BCUT2D eigenvalue weighted by atomic mass is 32.2. The number of sulfone groups is 1. The molecule has 18 heavy (non-hydrogen) atoms. The van der Waals surface area contributed by atoms with Crippen molar-refractivity contribution >= 4 is 27.5 Å². The number of carbonyl (C=O) groups is 1. The molecule has 0 saturated carbocycles. The van der Waals surface area contributed by atoms with Crippen molar-refractivity contribution in [2.24, 2.45) is 11.5 Å². The second-order valence-corrected chi connectivity index (χ2v) is 7.07. The molecule has 0 bridgehead atoms. The van der Waals surface area contributed by atoms with E-state index in [1.165, 1.54) is 18.0 Å². The number of nitrogens with two attached hydrogens (primary N) is 2. The summed E-state index contributed by atoms with van der Waals surface area (Å²) < 4.78 is 22.5. The monoisotopic (exact) mass is 288 g/mol. The summed E-state index contributed by atoms with van der Waals surface area (Å²) >= 11 is 1.50. The molecular weight excluding hydrogens is 272 g/mol. The number of thioether (sulfide) groups is 1. The molecule has 1 unspecified atom stereocenters. The van der Waals surface area contributed by atoms with Gasteiger partial charge in [-0.15, -0.1) is 11.8 Å². The quantitative estimate of drug-likeness (QED) is 0.737.